The van der Waals surface area contributed by atoms with Crippen molar-refractivity contribution in [2.24, 2.45) is 0 Å². The van der Waals surface area contributed by atoms with E-state index in [1.54, 1.807) is 16.7 Å². The standard InChI is InChI=1S/C24H31N3O2S/c1-5-26(19-11-7-6-8-12-19)16-15-25-23(29)18(2)27-20-13-9-10-14-21(20)30-24(3,4)17-22(27)28/h6-14,18H,5,15-17H2,1-4H3,(H,25,29)/t18-/m1/s1. The summed E-state index contributed by atoms with van der Waals surface area (Å²) in [6.45, 7) is 10.2. The summed E-state index contributed by atoms with van der Waals surface area (Å²) in [4.78, 5) is 30.9. The van der Waals surface area contributed by atoms with Crippen LogP contribution in [-0.2, 0) is 9.59 Å². The molecule has 2 aromatic rings. The molecular formula is C24H31N3O2S. The zero-order valence-electron chi connectivity index (χ0n) is 18.2. The third kappa shape index (κ3) is 5.17. The Labute approximate surface area is 183 Å². The Kier molecular flexibility index (Phi) is 7.08. The lowest BCUT2D eigenvalue weighted by molar-refractivity contribution is -0.126. The molecule has 0 bridgehead atoms. The number of carbonyl (C=O) groups excluding carboxylic acids is 2. The van der Waals surface area contributed by atoms with Gasteiger partial charge in [0.05, 0.1) is 5.69 Å². The monoisotopic (exact) mass is 425 g/mol. The molecule has 2 aromatic carbocycles. The Morgan fingerprint density at radius 2 is 1.83 bits per heavy atom. The van der Waals surface area contributed by atoms with Crippen LogP contribution in [0.5, 0.6) is 0 Å². The van der Waals surface area contributed by atoms with E-state index in [0.29, 0.717) is 19.5 Å². The van der Waals surface area contributed by atoms with Gasteiger partial charge in [-0.05, 0) is 52.0 Å². The maximum absolute atomic E-state index is 13.1. The summed E-state index contributed by atoms with van der Waals surface area (Å²) >= 11 is 1.69. The van der Waals surface area contributed by atoms with Gasteiger partial charge in [0.15, 0.2) is 0 Å². The van der Waals surface area contributed by atoms with Crippen molar-refractivity contribution in [2.75, 3.05) is 29.4 Å². The van der Waals surface area contributed by atoms with E-state index in [1.807, 2.05) is 49.4 Å². The predicted molar refractivity (Wildman–Crippen MR) is 125 cm³/mol. The van der Waals surface area contributed by atoms with Crippen LogP contribution in [0.15, 0.2) is 59.5 Å². The van der Waals surface area contributed by atoms with Gasteiger partial charge < -0.3 is 10.2 Å². The Morgan fingerprint density at radius 3 is 2.53 bits per heavy atom. The first-order valence-electron chi connectivity index (χ1n) is 10.5. The van der Waals surface area contributed by atoms with Crippen LogP contribution in [0, 0.1) is 0 Å². The van der Waals surface area contributed by atoms with Gasteiger partial charge in [-0.2, -0.15) is 0 Å². The van der Waals surface area contributed by atoms with Crippen LogP contribution in [0.3, 0.4) is 0 Å². The SMILES string of the molecule is CCN(CCNC(=O)[C@@H](C)N1C(=O)CC(C)(C)Sc2ccccc21)c1ccccc1. The van der Waals surface area contributed by atoms with Crippen molar-refractivity contribution in [3.63, 3.8) is 0 Å². The van der Waals surface area contributed by atoms with Crippen LogP contribution >= 0.6 is 11.8 Å². The lowest BCUT2D eigenvalue weighted by Crippen LogP contribution is -2.50. The molecule has 0 spiro atoms. The van der Waals surface area contributed by atoms with Crippen LogP contribution in [0.25, 0.3) is 0 Å². The highest BCUT2D eigenvalue weighted by Gasteiger charge is 2.37. The lowest BCUT2D eigenvalue weighted by atomic mass is 10.1. The molecule has 0 unspecified atom stereocenters. The molecule has 0 saturated heterocycles. The van der Waals surface area contributed by atoms with E-state index in [2.05, 4.69) is 43.1 Å². The van der Waals surface area contributed by atoms with E-state index in [1.165, 1.54) is 0 Å². The second-order valence-corrected chi connectivity index (χ2v) is 9.90. The Morgan fingerprint density at radius 1 is 1.17 bits per heavy atom. The van der Waals surface area contributed by atoms with Gasteiger partial charge >= 0.3 is 0 Å². The van der Waals surface area contributed by atoms with E-state index in [9.17, 15) is 9.59 Å². The maximum atomic E-state index is 13.1. The molecular weight excluding hydrogens is 394 g/mol. The highest BCUT2D eigenvalue weighted by Crippen LogP contribution is 2.44. The molecule has 0 saturated carbocycles. The summed E-state index contributed by atoms with van der Waals surface area (Å²) in [5.74, 6) is -0.147. The van der Waals surface area contributed by atoms with Crippen LogP contribution < -0.4 is 15.1 Å². The number of hydrogen-bond acceptors (Lipinski definition) is 4. The van der Waals surface area contributed by atoms with Crippen molar-refractivity contribution < 1.29 is 9.59 Å². The highest BCUT2D eigenvalue weighted by atomic mass is 32.2. The fourth-order valence-electron chi connectivity index (χ4n) is 3.77. The van der Waals surface area contributed by atoms with E-state index in [0.717, 1.165) is 22.8 Å². The molecule has 6 heteroatoms. The van der Waals surface area contributed by atoms with E-state index in [4.69, 9.17) is 0 Å². The molecule has 0 aromatic heterocycles. The van der Waals surface area contributed by atoms with Gasteiger partial charge in [-0.25, -0.2) is 0 Å². The summed E-state index contributed by atoms with van der Waals surface area (Å²) in [6.07, 6.45) is 0.390. The van der Waals surface area contributed by atoms with Gasteiger partial charge in [0.25, 0.3) is 0 Å². The van der Waals surface area contributed by atoms with Gasteiger partial charge in [0.2, 0.25) is 11.8 Å². The molecule has 0 radical (unpaired) electrons. The number of likely N-dealkylation sites (N-methyl/N-ethyl adjacent to an activating group) is 1. The van der Waals surface area contributed by atoms with Crippen LogP contribution in [0.1, 0.15) is 34.1 Å². The quantitative estimate of drug-likeness (QED) is 0.718. The minimum absolute atomic E-state index is 0.0143. The topological polar surface area (TPSA) is 52.7 Å². The molecule has 0 fully saturated rings. The van der Waals surface area contributed by atoms with Gasteiger partial charge in [0.1, 0.15) is 6.04 Å². The Hall–Kier alpha value is -2.47. The average molecular weight is 426 g/mol. The molecule has 1 atom stereocenters. The fraction of sp³-hybridized carbons (Fsp3) is 0.417. The molecule has 3 rings (SSSR count). The van der Waals surface area contributed by atoms with Gasteiger partial charge in [-0.15, -0.1) is 11.8 Å². The first-order valence-corrected chi connectivity index (χ1v) is 11.3. The summed E-state index contributed by atoms with van der Waals surface area (Å²) in [6, 6.07) is 17.4. The Balaban J connectivity index is 1.68. The van der Waals surface area contributed by atoms with Gasteiger partial charge in [-0.3, -0.25) is 14.5 Å². The minimum Gasteiger partial charge on any atom is -0.370 e. The predicted octanol–water partition coefficient (Wildman–Crippen LogP) is 4.33. The summed E-state index contributed by atoms with van der Waals surface area (Å²) in [5.41, 5.74) is 1.96. The normalized spacial score (nSPS) is 16.4. The molecule has 0 aliphatic carbocycles. The number of nitrogens with one attached hydrogen (secondary N) is 1. The number of para-hydroxylation sites is 2. The molecule has 1 aliphatic heterocycles. The van der Waals surface area contributed by atoms with Crippen LogP contribution in [0.4, 0.5) is 11.4 Å². The third-order valence-electron chi connectivity index (χ3n) is 5.31. The largest absolute Gasteiger partial charge is 0.370 e. The molecule has 160 valence electrons. The number of benzene rings is 2. The summed E-state index contributed by atoms with van der Waals surface area (Å²) < 4.78 is -0.213. The van der Waals surface area contributed by atoms with Gasteiger partial charge in [-0.1, -0.05) is 30.3 Å². The number of carbonyl (C=O) groups is 2. The number of hydrogen-bond donors (Lipinski definition) is 1. The van der Waals surface area contributed by atoms with E-state index >= 15 is 0 Å². The number of amides is 2. The minimum atomic E-state index is -0.569. The Bertz CT molecular complexity index is 885. The number of fused-ring (bicyclic) bond motifs is 1. The lowest BCUT2D eigenvalue weighted by Gasteiger charge is -2.29. The molecule has 30 heavy (non-hydrogen) atoms. The summed E-state index contributed by atoms with van der Waals surface area (Å²) in [5, 5.41) is 3.03. The van der Waals surface area contributed by atoms with Crippen molar-refractivity contribution in [3.8, 4) is 0 Å². The van der Waals surface area contributed by atoms with Crippen molar-refractivity contribution >= 4 is 35.0 Å². The number of thioether (sulfide) groups is 1. The maximum Gasteiger partial charge on any atom is 0.242 e. The third-order valence-corrected chi connectivity index (χ3v) is 6.57. The second-order valence-electron chi connectivity index (χ2n) is 8.15. The van der Waals surface area contributed by atoms with Crippen LogP contribution in [0.2, 0.25) is 0 Å². The number of nitrogens with zero attached hydrogens (tertiary/aromatic N) is 2. The van der Waals surface area contributed by atoms with E-state index < -0.39 is 6.04 Å². The summed E-state index contributed by atoms with van der Waals surface area (Å²) in [7, 11) is 0. The molecule has 1 heterocycles. The average Bonchev–Trinajstić information content (AvgIpc) is 2.82. The second kappa shape index (κ2) is 9.56. The van der Waals surface area contributed by atoms with Crippen molar-refractivity contribution in [1.29, 1.82) is 0 Å². The number of rotatable bonds is 7. The molecule has 1 aliphatic rings. The van der Waals surface area contributed by atoms with Gasteiger partial charge in [0, 0.05) is 41.4 Å². The molecule has 1 N–H and O–H groups in total. The van der Waals surface area contributed by atoms with Crippen molar-refractivity contribution in [2.45, 2.75) is 49.8 Å². The smallest absolute Gasteiger partial charge is 0.242 e. The first-order chi connectivity index (χ1) is 14.3. The fourth-order valence-corrected chi connectivity index (χ4v) is 4.98. The highest BCUT2D eigenvalue weighted by molar-refractivity contribution is 8.00. The first kappa shape index (κ1) is 22.2. The molecule has 2 amide bonds. The van der Waals surface area contributed by atoms with Crippen molar-refractivity contribution in [1.82, 2.24) is 5.32 Å². The zero-order valence-corrected chi connectivity index (χ0v) is 19.0. The van der Waals surface area contributed by atoms with E-state index in [-0.39, 0.29) is 16.6 Å². The van der Waals surface area contributed by atoms with Crippen LogP contribution in [-0.4, -0.2) is 42.2 Å². The van der Waals surface area contributed by atoms with Crippen molar-refractivity contribution in [3.05, 3.63) is 54.6 Å². The number of anilines is 2. The molecule has 5 nitrogen and oxygen atoms in total. The zero-order chi connectivity index (χ0) is 21.7.